The number of benzene rings is 2. The lowest BCUT2D eigenvalue weighted by Gasteiger charge is -2.15. The normalized spacial score (nSPS) is 16.5. The number of fused-ring (bicyclic) bond motifs is 1. The van der Waals surface area contributed by atoms with E-state index in [0.29, 0.717) is 34.6 Å². The molecule has 2 aromatic carbocycles. The summed E-state index contributed by atoms with van der Waals surface area (Å²) in [5, 5.41) is 3.95. The SMILES string of the molecule is COc1cc(C=NNC(=O)CN2CC(c3ccccc3)CC2=O)cc2sc(=O)oc12. The number of hydrazone groups is 1. The summed E-state index contributed by atoms with van der Waals surface area (Å²) in [6.07, 6.45) is 1.84. The number of carbonyl (C=O) groups excluding carboxylic acids is 2. The lowest BCUT2D eigenvalue weighted by Crippen LogP contribution is -2.36. The van der Waals surface area contributed by atoms with Crippen LogP contribution in [0.3, 0.4) is 0 Å². The van der Waals surface area contributed by atoms with Crippen molar-refractivity contribution in [2.45, 2.75) is 12.3 Å². The van der Waals surface area contributed by atoms with Crippen molar-refractivity contribution in [2.24, 2.45) is 5.10 Å². The maximum Gasteiger partial charge on any atom is 0.396 e. The molecule has 9 heteroatoms. The van der Waals surface area contributed by atoms with Crippen molar-refractivity contribution in [3.63, 3.8) is 0 Å². The fraction of sp³-hybridized carbons (Fsp3) is 0.238. The molecule has 4 rings (SSSR count). The molecule has 0 radical (unpaired) electrons. The van der Waals surface area contributed by atoms with Crippen LogP contribution in [0.5, 0.6) is 5.75 Å². The predicted octanol–water partition coefficient (Wildman–Crippen LogP) is 2.33. The van der Waals surface area contributed by atoms with Gasteiger partial charge in [0.2, 0.25) is 5.91 Å². The van der Waals surface area contributed by atoms with Gasteiger partial charge in [-0.05, 0) is 23.3 Å². The lowest BCUT2D eigenvalue weighted by atomic mass is 9.99. The van der Waals surface area contributed by atoms with Crippen molar-refractivity contribution in [1.29, 1.82) is 0 Å². The molecule has 1 aliphatic rings. The topological polar surface area (TPSA) is 101 Å². The van der Waals surface area contributed by atoms with E-state index in [1.54, 1.807) is 17.0 Å². The fourth-order valence-electron chi connectivity index (χ4n) is 3.45. The second kappa shape index (κ2) is 8.50. The molecule has 1 N–H and O–H groups in total. The average Bonchev–Trinajstić information content (AvgIpc) is 3.29. The number of carbonyl (C=O) groups is 2. The predicted molar refractivity (Wildman–Crippen MR) is 113 cm³/mol. The molecular formula is C21H19N3O5S. The molecule has 3 aromatic rings. The van der Waals surface area contributed by atoms with Crippen LogP contribution in [0.2, 0.25) is 0 Å². The van der Waals surface area contributed by atoms with Crippen LogP contribution in [0.1, 0.15) is 23.5 Å². The third kappa shape index (κ3) is 4.25. The van der Waals surface area contributed by atoms with Gasteiger partial charge in [-0.3, -0.25) is 9.59 Å². The molecule has 154 valence electrons. The highest BCUT2D eigenvalue weighted by Crippen LogP contribution is 2.29. The first-order chi connectivity index (χ1) is 14.5. The average molecular weight is 425 g/mol. The quantitative estimate of drug-likeness (QED) is 0.483. The summed E-state index contributed by atoms with van der Waals surface area (Å²) >= 11 is 0.960. The Kier molecular flexibility index (Phi) is 5.62. The van der Waals surface area contributed by atoms with Crippen molar-refractivity contribution < 1.29 is 18.7 Å². The first-order valence-electron chi connectivity index (χ1n) is 9.30. The van der Waals surface area contributed by atoms with E-state index < -0.39 is 4.94 Å². The number of hydrogen-bond donors (Lipinski definition) is 1. The zero-order chi connectivity index (χ0) is 21.1. The third-order valence-corrected chi connectivity index (χ3v) is 5.64. The highest BCUT2D eigenvalue weighted by Gasteiger charge is 2.31. The molecule has 0 aliphatic carbocycles. The van der Waals surface area contributed by atoms with Crippen molar-refractivity contribution in [1.82, 2.24) is 10.3 Å². The number of hydrogen-bond acceptors (Lipinski definition) is 7. The standard InChI is InChI=1S/C21H19N3O5S/c1-28-16-7-13(8-17-20(16)29-21(27)30-17)10-22-23-18(25)12-24-11-15(9-19(24)26)14-5-3-2-4-6-14/h2-8,10,15H,9,11-12H2,1H3,(H,23,25). The molecule has 0 bridgehead atoms. The van der Waals surface area contributed by atoms with E-state index in [1.165, 1.54) is 13.3 Å². The summed E-state index contributed by atoms with van der Waals surface area (Å²) < 4.78 is 11.0. The van der Waals surface area contributed by atoms with E-state index in [-0.39, 0.29) is 24.3 Å². The number of nitrogens with zero attached hydrogens (tertiary/aromatic N) is 2. The van der Waals surface area contributed by atoms with Crippen LogP contribution in [-0.2, 0) is 9.59 Å². The minimum atomic E-state index is -0.422. The molecule has 1 atom stereocenters. The lowest BCUT2D eigenvalue weighted by molar-refractivity contribution is -0.133. The minimum absolute atomic E-state index is 0.0481. The second-order valence-electron chi connectivity index (χ2n) is 6.88. The third-order valence-electron chi connectivity index (χ3n) is 4.86. The van der Waals surface area contributed by atoms with Gasteiger partial charge >= 0.3 is 4.94 Å². The van der Waals surface area contributed by atoms with Crippen LogP contribution in [0.15, 0.2) is 56.8 Å². The van der Waals surface area contributed by atoms with Gasteiger partial charge in [-0.2, -0.15) is 5.10 Å². The molecular weight excluding hydrogens is 406 g/mol. The van der Waals surface area contributed by atoms with E-state index >= 15 is 0 Å². The molecule has 1 aromatic heterocycles. The van der Waals surface area contributed by atoms with Gasteiger partial charge in [0.05, 0.1) is 18.0 Å². The van der Waals surface area contributed by atoms with Gasteiger partial charge < -0.3 is 14.1 Å². The summed E-state index contributed by atoms with van der Waals surface area (Å²) in [5.41, 5.74) is 4.55. The Labute approximate surface area is 175 Å². The fourth-order valence-corrected chi connectivity index (χ4v) is 4.19. The Morgan fingerprint density at radius 1 is 1.33 bits per heavy atom. The van der Waals surface area contributed by atoms with Crippen molar-refractivity contribution in [2.75, 3.05) is 20.2 Å². The van der Waals surface area contributed by atoms with Crippen molar-refractivity contribution >= 4 is 39.6 Å². The van der Waals surface area contributed by atoms with Gasteiger partial charge in [-0.25, -0.2) is 10.2 Å². The molecule has 1 fully saturated rings. The molecule has 30 heavy (non-hydrogen) atoms. The number of likely N-dealkylation sites (tertiary alicyclic amines) is 1. The van der Waals surface area contributed by atoms with Crippen LogP contribution in [0, 0.1) is 0 Å². The smallest absolute Gasteiger partial charge is 0.396 e. The van der Waals surface area contributed by atoms with Gasteiger partial charge in [-0.15, -0.1) is 0 Å². The van der Waals surface area contributed by atoms with Gasteiger partial charge in [0.1, 0.15) is 6.54 Å². The molecule has 2 heterocycles. The minimum Gasteiger partial charge on any atom is -0.493 e. The first kappa shape index (κ1) is 19.8. The maximum absolute atomic E-state index is 12.2. The largest absolute Gasteiger partial charge is 0.493 e. The monoisotopic (exact) mass is 425 g/mol. The Bertz CT molecular complexity index is 1170. The number of ether oxygens (including phenoxy) is 1. The van der Waals surface area contributed by atoms with Crippen LogP contribution in [0.4, 0.5) is 0 Å². The zero-order valence-electron chi connectivity index (χ0n) is 16.2. The Morgan fingerprint density at radius 3 is 2.90 bits per heavy atom. The number of rotatable bonds is 6. The number of methoxy groups -OCH3 is 1. The van der Waals surface area contributed by atoms with E-state index in [0.717, 1.165) is 16.9 Å². The molecule has 1 unspecified atom stereocenters. The Morgan fingerprint density at radius 2 is 2.13 bits per heavy atom. The van der Waals surface area contributed by atoms with Gasteiger partial charge in [-0.1, -0.05) is 41.7 Å². The van der Waals surface area contributed by atoms with E-state index in [2.05, 4.69) is 10.5 Å². The highest BCUT2D eigenvalue weighted by molar-refractivity contribution is 7.16. The van der Waals surface area contributed by atoms with Crippen LogP contribution in [-0.4, -0.2) is 43.1 Å². The van der Waals surface area contributed by atoms with Crippen LogP contribution < -0.4 is 15.1 Å². The Balaban J connectivity index is 1.37. The maximum atomic E-state index is 12.2. The first-order valence-corrected chi connectivity index (χ1v) is 10.1. The summed E-state index contributed by atoms with van der Waals surface area (Å²) in [4.78, 5) is 37.0. The molecule has 1 saturated heterocycles. The molecule has 8 nitrogen and oxygen atoms in total. The number of amides is 2. The number of nitrogens with one attached hydrogen (secondary N) is 1. The van der Waals surface area contributed by atoms with Gasteiger partial charge in [0, 0.05) is 18.9 Å². The van der Waals surface area contributed by atoms with E-state index in [9.17, 15) is 14.4 Å². The Hall–Kier alpha value is -3.46. The van der Waals surface area contributed by atoms with Gasteiger partial charge in [0.15, 0.2) is 11.3 Å². The zero-order valence-corrected chi connectivity index (χ0v) is 17.0. The van der Waals surface area contributed by atoms with Crippen molar-refractivity contribution in [3.05, 3.63) is 63.3 Å². The molecule has 2 amide bonds. The van der Waals surface area contributed by atoms with E-state index in [4.69, 9.17) is 9.15 Å². The van der Waals surface area contributed by atoms with Gasteiger partial charge in [0.25, 0.3) is 5.91 Å². The van der Waals surface area contributed by atoms with Crippen molar-refractivity contribution in [3.8, 4) is 5.75 Å². The molecule has 1 aliphatic heterocycles. The van der Waals surface area contributed by atoms with E-state index in [1.807, 2.05) is 30.3 Å². The molecule has 0 saturated carbocycles. The highest BCUT2D eigenvalue weighted by atomic mass is 32.1. The summed E-state index contributed by atoms with van der Waals surface area (Å²) in [5.74, 6) is 0.0758. The van der Waals surface area contributed by atoms with Crippen LogP contribution in [0.25, 0.3) is 10.3 Å². The molecule has 0 spiro atoms. The summed E-state index contributed by atoms with van der Waals surface area (Å²) in [6.45, 7) is 0.457. The summed E-state index contributed by atoms with van der Waals surface area (Å²) in [6, 6.07) is 13.2. The summed E-state index contributed by atoms with van der Waals surface area (Å²) in [7, 11) is 1.48. The van der Waals surface area contributed by atoms with Crippen LogP contribution >= 0.6 is 11.3 Å². The second-order valence-corrected chi connectivity index (χ2v) is 7.86.